The van der Waals surface area contributed by atoms with Gasteiger partial charge >= 0.3 is 0 Å². The van der Waals surface area contributed by atoms with Crippen molar-refractivity contribution in [2.24, 2.45) is 0 Å². The quantitative estimate of drug-likeness (QED) is 0.635. The smallest absolute Gasteiger partial charge is 0.248 e. The summed E-state index contributed by atoms with van der Waals surface area (Å²) in [4.78, 5) is 45.6. The standard InChI is InChI=1S/C20H26N4O4S/c1-13-6-7-14(28-4)18-19(13)29-20(21-18)23(11-5-10-22(2)3)17(27)12-24-15(25)8-9-16(24)26/h6-7H,5,8-12H2,1-4H3/p+1. The molecule has 29 heavy (non-hydrogen) atoms. The number of amides is 3. The Labute approximate surface area is 174 Å². The lowest BCUT2D eigenvalue weighted by Crippen LogP contribution is -3.05. The normalized spacial score (nSPS) is 14.3. The first-order valence-corrected chi connectivity index (χ1v) is 10.5. The van der Waals surface area contributed by atoms with Crippen molar-refractivity contribution in [2.75, 3.05) is 45.7 Å². The molecule has 1 aliphatic rings. The van der Waals surface area contributed by atoms with E-state index in [1.54, 1.807) is 12.0 Å². The van der Waals surface area contributed by atoms with Crippen LogP contribution in [0.5, 0.6) is 5.75 Å². The average molecular weight is 420 g/mol. The maximum absolute atomic E-state index is 13.1. The van der Waals surface area contributed by atoms with Gasteiger partial charge in [0.25, 0.3) is 0 Å². The Balaban J connectivity index is 1.91. The predicted octanol–water partition coefficient (Wildman–Crippen LogP) is 0.630. The Morgan fingerprint density at radius 1 is 1.28 bits per heavy atom. The number of carbonyl (C=O) groups is 3. The molecule has 0 radical (unpaired) electrons. The highest BCUT2D eigenvalue weighted by Gasteiger charge is 2.33. The van der Waals surface area contributed by atoms with E-state index in [0.29, 0.717) is 17.4 Å². The molecule has 1 N–H and O–H groups in total. The molecule has 3 amide bonds. The summed E-state index contributed by atoms with van der Waals surface area (Å²) < 4.78 is 6.39. The lowest BCUT2D eigenvalue weighted by molar-refractivity contribution is -0.858. The van der Waals surface area contributed by atoms with Crippen molar-refractivity contribution < 1.29 is 24.0 Å². The zero-order valence-corrected chi connectivity index (χ0v) is 18.1. The number of hydrogen-bond acceptors (Lipinski definition) is 6. The molecule has 1 aromatic carbocycles. The highest BCUT2D eigenvalue weighted by Crippen LogP contribution is 2.36. The van der Waals surface area contributed by atoms with Crippen LogP contribution in [0.1, 0.15) is 24.8 Å². The fourth-order valence-corrected chi connectivity index (χ4v) is 4.41. The van der Waals surface area contributed by atoms with Gasteiger partial charge in [-0.15, -0.1) is 0 Å². The van der Waals surface area contributed by atoms with Crippen molar-refractivity contribution in [3.8, 4) is 5.75 Å². The number of nitrogens with zero attached hydrogens (tertiary/aromatic N) is 3. The monoisotopic (exact) mass is 419 g/mol. The van der Waals surface area contributed by atoms with Gasteiger partial charge in [0.2, 0.25) is 17.7 Å². The Kier molecular flexibility index (Phi) is 6.49. The van der Waals surface area contributed by atoms with Crippen LogP contribution in [0.4, 0.5) is 5.13 Å². The molecule has 0 bridgehead atoms. The summed E-state index contributed by atoms with van der Waals surface area (Å²) in [5, 5.41) is 0.561. The number of quaternary nitrogens is 1. The molecular weight excluding hydrogens is 392 g/mol. The third kappa shape index (κ3) is 4.56. The average Bonchev–Trinajstić information content (AvgIpc) is 3.25. The number of anilines is 1. The van der Waals surface area contributed by atoms with E-state index in [4.69, 9.17) is 4.74 Å². The van der Waals surface area contributed by atoms with Gasteiger partial charge in [0.1, 0.15) is 17.8 Å². The number of imide groups is 1. The number of rotatable bonds is 8. The zero-order chi connectivity index (χ0) is 21.1. The Morgan fingerprint density at radius 3 is 2.59 bits per heavy atom. The van der Waals surface area contributed by atoms with Crippen molar-refractivity contribution in [1.82, 2.24) is 9.88 Å². The molecular formula is C20H27N4O4S+. The minimum atomic E-state index is -0.293. The summed E-state index contributed by atoms with van der Waals surface area (Å²) in [6.07, 6.45) is 1.13. The van der Waals surface area contributed by atoms with Crippen LogP contribution < -0.4 is 14.5 Å². The van der Waals surface area contributed by atoms with Gasteiger partial charge in [0, 0.05) is 25.8 Å². The number of hydrogen-bond donors (Lipinski definition) is 1. The van der Waals surface area contributed by atoms with E-state index in [0.717, 1.165) is 33.6 Å². The summed E-state index contributed by atoms with van der Waals surface area (Å²) in [6.45, 7) is 3.12. The third-order valence-electron chi connectivity index (χ3n) is 4.95. The van der Waals surface area contributed by atoms with Crippen LogP contribution in [0.2, 0.25) is 0 Å². The minimum Gasteiger partial charge on any atom is -0.494 e. The lowest BCUT2D eigenvalue weighted by Gasteiger charge is -2.22. The number of carbonyl (C=O) groups excluding carboxylic acids is 3. The number of aryl methyl sites for hydroxylation is 1. The van der Waals surface area contributed by atoms with E-state index >= 15 is 0 Å². The Bertz CT molecular complexity index is 924. The molecule has 0 spiro atoms. The SMILES string of the molecule is COc1ccc(C)c2sc(N(CCC[NH+](C)C)C(=O)CN3C(=O)CCC3=O)nc12. The number of nitrogens with one attached hydrogen (secondary N) is 1. The first kappa shape index (κ1) is 21.2. The van der Waals surface area contributed by atoms with Crippen molar-refractivity contribution >= 4 is 44.4 Å². The number of benzene rings is 1. The highest BCUT2D eigenvalue weighted by atomic mass is 32.1. The van der Waals surface area contributed by atoms with Gasteiger partial charge < -0.3 is 9.64 Å². The van der Waals surface area contributed by atoms with Gasteiger partial charge in [-0.25, -0.2) is 4.98 Å². The van der Waals surface area contributed by atoms with Crippen molar-refractivity contribution in [3.05, 3.63) is 17.7 Å². The van der Waals surface area contributed by atoms with Gasteiger partial charge in [0.05, 0.1) is 32.4 Å². The van der Waals surface area contributed by atoms with Gasteiger partial charge in [-0.2, -0.15) is 0 Å². The number of aromatic nitrogens is 1. The van der Waals surface area contributed by atoms with E-state index in [1.165, 1.54) is 16.2 Å². The number of likely N-dealkylation sites (tertiary alicyclic amines) is 1. The molecule has 1 saturated heterocycles. The molecule has 1 fully saturated rings. The molecule has 156 valence electrons. The summed E-state index contributed by atoms with van der Waals surface area (Å²) in [5.41, 5.74) is 1.77. The van der Waals surface area contributed by atoms with Gasteiger partial charge in [-0.3, -0.25) is 24.2 Å². The first-order valence-electron chi connectivity index (χ1n) is 9.68. The lowest BCUT2D eigenvalue weighted by atomic mass is 10.2. The van der Waals surface area contributed by atoms with Crippen LogP contribution in [0.3, 0.4) is 0 Å². The number of ether oxygens (including phenoxy) is 1. The van der Waals surface area contributed by atoms with E-state index in [1.807, 2.05) is 19.1 Å². The van der Waals surface area contributed by atoms with Gasteiger partial charge in [-0.1, -0.05) is 17.4 Å². The van der Waals surface area contributed by atoms with Gasteiger partial charge in [-0.05, 0) is 18.6 Å². The molecule has 0 unspecified atom stereocenters. The number of fused-ring (bicyclic) bond motifs is 1. The molecule has 2 heterocycles. The van der Waals surface area contributed by atoms with Gasteiger partial charge in [0.15, 0.2) is 5.13 Å². The first-order chi connectivity index (χ1) is 13.8. The Morgan fingerprint density at radius 2 is 1.97 bits per heavy atom. The molecule has 8 nitrogen and oxygen atoms in total. The topological polar surface area (TPSA) is 84.3 Å². The van der Waals surface area contributed by atoms with E-state index < -0.39 is 0 Å². The second-order valence-corrected chi connectivity index (χ2v) is 8.47. The summed E-state index contributed by atoms with van der Waals surface area (Å²) in [7, 11) is 5.70. The van der Waals surface area contributed by atoms with Crippen LogP contribution in [0, 0.1) is 6.92 Å². The van der Waals surface area contributed by atoms with Crippen LogP contribution in [-0.2, 0) is 14.4 Å². The fraction of sp³-hybridized carbons (Fsp3) is 0.500. The largest absolute Gasteiger partial charge is 0.494 e. The van der Waals surface area contributed by atoms with Crippen molar-refractivity contribution in [1.29, 1.82) is 0 Å². The molecule has 0 saturated carbocycles. The van der Waals surface area contributed by atoms with E-state index in [-0.39, 0.29) is 37.1 Å². The van der Waals surface area contributed by atoms with Crippen LogP contribution in [-0.4, -0.2) is 68.4 Å². The summed E-state index contributed by atoms with van der Waals surface area (Å²) >= 11 is 1.43. The maximum Gasteiger partial charge on any atom is 0.248 e. The van der Waals surface area contributed by atoms with Crippen molar-refractivity contribution in [2.45, 2.75) is 26.2 Å². The number of thiazole rings is 1. The third-order valence-corrected chi connectivity index (χ3v) is 6.16. The van der Waals surface area contributed by atoms with Crippen LogP contribution in [0.25, 0.3) is 10.2 Å². The predicted molar refractivity (Wildman–Crippen MR) is 112 cm³/mol. The Hall–Kier alpha value is -2.52. The molecule has 9 heteroatoms. The summed E-state index contributed by atoms with van der Waals surface area (Å²) in [5.74, 6) is -0.216. The second kappa shape index (κ2) is 8.87. The zero-order valence-electron chi connectivity index (χ0n) is 17.3. The molecule has 0 aliphatic carbocycles. The highest BCUT2D eigenvalue weighted by molar-refractivity contribution is 7.22. The molecule has 1 aliphatic heterocycles. The molecule has 1 aromatic heterocycles. The van der Waals surface area contributed by atoms with Crippen molar-refractivity contribution in [3.63, 3.8) is 0 Å². The van der Waals surface area contributed by atoms with Crippen LogP contribution >= 0.6 is 11.3 Å². The second-order valence-electron chi connectivity index (χ2n) is 7.49. The molecule has 0 atom stereocenters. The molecule has 3 rings (SSSR count). The fourth-order valence-electron chi connectivity index (χ4n) is 3.32. The summed E-state index contributed by atoms with van der Waals surface area (Å²) in [6, 6.07) is 3.83. The number of methoxy groups -OCH3 is 1. The van der Waals surface area contributed by atoms with Crippen LogP contribution in [0.15, 0.2) is 12.1 Å². The maximum atomic E-state index is 13.1. The van der Waals surface area contributed by atoms with E-state index in [9.17, 15) is 14.4 Å². The van der Waals surface area contributed by atoms with E-state index in [2.05, 4.69) is 19.1 Å². The minimum absolute atomic E-state index is 0.174. The molecule has 2 aromatic rings.